The summed E-state index contributed by atoms with van der Waals surface area (Å²) in [6.45, 7) is 1.29. The number of rotatable bonds is 6. The van der Waals surface area contributed by atoms with E-state index in [1.807, 2.05) is 12.1 Å². The lowest BCUT2D eigenvalue weighted by atomic mass is 10.2. The minimum Gasteiger partial charge on any atom is -0.508 e. The number of hydrogen-bond donors (Lipinski definition) is 2. The van der Waals surface area contributed by atoms with Crippen LogP contribution in [-0.4, -0.2) is 32.2 Å². The van der Waals surface area contributed by atoms with Gasteiger partial charge >= 0.3 is 0 Å². The van der Waals surface area contributed by atoms with Crippen LogP contribution < -0.4 is 5.32 Å². The number of ether oxygens (including phenoxy) is 2. The quantitative estimate of drug-likeness (QED) is 0.692. The van der Waals surface area contributed by atoms with Crippen LogP contribution in [0.1, 0.15) is 5.56 Å². The maximum absolute atomic E-state index is 9.24. The first-order valence-electron chi connectivity index (χ1n) is 4.80. The van der Waals surface area contributed by atoms with Gasteiger partial charge in [0.1, 0.15) is 5.75 Å². The second-order valence-electron chi connectivity index (χ2n) is 3.20. The van der Waals surface area contributed by atoms with Crippen molar-refractivity contribution >= 4 is 0 Å². The summed E-state index contributed by atoms with van der Waals surface area (Å²) < 4.78 is 10.1. The molecule has 1 aromatic carbocycles. The zero-order valence-electron chi connectivity index (χ0n) is 9.06. The molecule has 0 aliphatic heterocycles. The third kappa shape index (κ3) is 4.29. The Morgan fingerprint density at radius 1 is 1.33 bits per heavy atom. The van der Waals surface area contributed by atoms with Gasteiger partial charge in [0, 0.05) is 27.3 Å². The third-order valence-corrected chi connectivity index (χ3v) is 2.08. The van der Waals surface area contributed by atoms with E-state index < -0.39 is 0 Å². The lowest BCUT2D eigenvalue weighted by Crippen LogP contribution is -2.29. The standard InChI is InChI=1S/C11H17NO3/c1-14-11(15-2)8-12-7-9-4-3-5-10(13)6-9/h3-6,11-13H,7-8H2,1-2H3. The summed E-state index contributed by atoms with van der Waals surface area (Å²) in [4.78, 5) is 0. The zero-order valence-corrected chi connectivity index (χ0v) is 9.06. The third-order valence-electron chi connectivity index (χ3n) is 2.08. The van der Waals surface area contributed by atoms with Gasteiger partial charge in [-0.2, -0.15) is 0 Å². The van der Waals surface area contributed by atoms with Gasteiger partial charge in [-0.3, -0.25) is 0 Å². The van der Waals surface area contributed by atoms with Crippen molar-refractivity contribution in [3.05, 3.63) is 29.8 Å². The van der Waals surface area contributed by atoms with Crippen molar-refractivity contribution in [2.24, 2.45) is 0 Å². The van der Waals surface area contributed by atoms with Gasteiger partial charge in [0.05, 0.1) is 0 Å². The minimum atomic E-state index is -0.234. The number of nitrogens with one attached hydrogen (secondary N) is 1. The number of aromatic hydroxyl groups is 1. The van der Waals surface area contributed by atoms with E-state index >= 15 is 0 Å². The summed E-state index contributed by atoms with van der Waals surface area (Å²) in [6, 6.07) is 7.13. The van der Waals surface area contributed by atoms with E-state index in [-0.39, 0.29) is 12.0 Å². The van der Waals surface area contributed by atoms with Gasteiger partial charge in [0.2, 0.25) is 0 Å². The average molecular weight is 211 g/mol. The smallest absolute Gasteiger partial charge is 0.169 e. The van der Waals surface area contributed by atoms with E-state index in [2.05, 4.69) is 5.32 Å². The molecule has 0 atom stereocenters. The first kappa shape index (κ1) is 12.0. The van der Waals surface area contributed by atoms with Crippen LogP contribution in [0.25, 0.3) is 0 Å². The Labute approximate surface area is 89.8 Å². The van der Waals surface area contributed by atoms with E-state index in [1.165, 1.54) is 0 Å². The molecule has 15 heavy (non-hydrogen) atoms. The van der Waals surface area contributed by atoms with Crippen LogP contribution in [0.5, 0.6) is 5.75 Å². The second-order valence-corrected chi connectivity index (χ2v) is 3.20. The van der Waals surface area contributed by atoms with Gasteiger partial charge in [-0.25, -0.2) is 0 Å². The van der Waals surface area contributed by atoms with Gasteiger partial charge in [-0.05, 0) is 17.7 Å². The molecule has 0 saturated heterocycles. The van der Waals surface area contributed by atoms with Crippen LogP contribution in [0.3, 0.4) is 0 Å². The fourth-order valence-electron chi connectivity index (χ4n) is 1.26. The van der Waals surface area contributed by atoms with E-state index in [9.17, 15) is 5.11 Å². The SMILES string of the molecule is COC(CNCc1cccc(O)c1)OC. The molecule has 0 bridgehead atoms. The highest BCUT2D eigenvalue weighted by atomic mass is 16.7. The van der Waals surface area contributed by atoms with Crippen molar-refractivity contribution in [1.82, 2.24) is 5.32 Å². The normalized spacial score (nSPS) is 10.9. The van der Waals surface area contributed by atoms with Crippen LogP contribution in [0, 0.1) is 0 Å². The fourth-order valence-corrected chi connectivity index (χ4v) is 1.26. The summed E-state index contributed by atoms with van der Waals surface area (Å²) in [5, 5.41) is 12.4. The van der Waals surface area contributed by atoms with Gasteiger partial charge in [0.25, 0.3) is 0 Å². The first-order chi connectivity index (χ1) is 7.26. The molecule has 4 heteroatoms. The molecule has 84 valence electrons. The maximum atomic E-state index is 9.24. The van der Waals surface area contributed by atoms with Crippen LogP contribution in [0.4, 0.5) is 0 Å². The molecule has 0 aliphatic rings. The molecule has 0 saturated carbocycles. The van der Waals surface area contributed by atoms with Gasteiger partial charge in [-0.1, -0.05) is 12.1 Å². The van der Waals surface area contributed by atoms with Crippen molar-refractivity contribution in [1.29, 1.82) is 0 Å². The van der Waals surface area contributed by atoms with Gasteiger partial charge in [0.15, 0.2) is 6.29 Å². The molecule has 0 amide bonds. The van der Waals surface area contributed by atoms with E-state index in [4.69, 9.17) is 9.47 Å². The van der Waals surface area contributed by atoms with E-state index in [0.29, 0.717) is 13.1 Å². The Morgan fingerprint density at radius 3 is 2.67 bits per heavy atom. The van der Waals surface area contributed by atoms with Crippen LogP contribution in [-0.2, 0) is 16.0 Å². The number of phenolic OH excluding ortho intramolecular Hbond substituents is 1. The minimum absolute atomic E-state index is 0.234. The van der Waals surface area contributed by atoms with Crippen LogP contribution in [0.15, 0.2) is 24.3 Å². The van der Waals surface area contributed by atoms with Crippen molar-refractivity contribution in [3.8, 4) is 5.75 Å². The van der Waals surface area contributed by atoms with Crippen molar-refractivity contribution in [3.63, 3.8) is 0 Å². The number of methoxy groups -OCH3 is 2. The monoisotopic (exact) mass is 211 g/mol. The molecule has 2 N–H and O–H groups in total. The maximum Gasteiger partial charge on any atom is 0.169 e. The van der Waals surface area contributed by atoms with Crippen molar-refractivity contribution < 1.29 is 14.6 Å². The number of phenols is 1. The van der Waals surface area contributed by atoms with E-state index in [0.717, 1.165) is 5.56 Å². The molecule has 1 rings (SSSR count). The molecule has 0 aromatic heterocycles. The van der Waals surface area contributed by atoms with Gasteiger partial charge < -0.3 is 19.9 Å². The highest BCUT2D eigenvalue weighted by Gasteiger charge is 2.03. The Kier molecular flexibility index (Phi) is 5.10. The zero-order chi connectivity index (χ0) is 11.1. The Bertz CT molecular complexity index is 287. The molecule has 0 fully saturated rings. The first-order valence-corrected chi connectivity index (χ1v) is 4.80. The predicted molar refractivity (Wildman–Crippen MR) is 57.6 cm³/mol. The lowest BCUT2D eigenvalue weighted by Gasteiger charge is -2.13. The predicted octanol–water partition coefficient (Wildman–Crippen LogP) is 1.10. The molecule has 0 spiro atoms. The highest BCUT2D eigenvalue weighted by molar-refractivity contribution is 5.26. The Balaban J connectivity index is 2.31. The van der Waals surface area contributed by atoms with E-state index in [1.54, 1.807) is 26.4 Å². The molecule has 4 nitrogen and oxygen atoms in total. The summed E-state index contributed by atoms with van der Waals surface area (Å²) in [7, 11) is 3.20. The molecule has 0 heterocycles. The van der Waals surface area contributed by atoms with Gasteiger partial charge in [-0.15, -0.1) is 0 Å². The fraction of sp³-hybridized carbons (Fsp3) is 0.455. The molecular formula is C11H17NO3. The summed E-state index contributed by atoms with van der Waals surface area (Å²) >= 11 is 0. The van der Waals surface area contributed by atoms with Crippen LogP contribution >= 0.6 is 0 Å². The number of hydrogen-bond acceptors (Lipinski definition) is 4. The molecule has 0 radical (unpaired) electrons. The Morgan fingerprint density at radius 2 is 2.07 bits per heavy atom. The number of benzene rings is 1. The van der Waals surface area contributed by atoms with Crippen molar-refractivity contribution in [2.45, 2.75) is 12.8 Å². The van der Waals surface area contributed by atoms with Crippen molar-refractivity contribution in [2.75, 3.05) is 20.8 Å². The second kappa shape index (κ2) is 6.40. The largest absolute Gasteiger partial charge is 0.508 e. The van der Waals surface area contributed by atoms with Crippen LogP contribution in [0.2, 0.25) is 0 Å². The Hall–Kier alpha value is -1.10. The molecule has 0 unspecified atom stereocenters. The summed E-state index contributed by atoms with van der Waals surface area (Å²) in [5.41, 5.74) is 1.03. The average Bonchev–Trinajstić information content (AvgIpc) is 2.25. The molecule has 0 aliphatic carbocycles. The molecular weight excluding hydrogens is 194 g/mol. The summed E-state index contributed by atoms with van der Waals surface area (Å²) in [6.07, 6.45) is -0.234. The molecule has 1 aromatic rings. The lowest BCUT2D eigenvalue weighted by molar-refractivity contribution is -0.0989. The summed E-state index contributed by atoms with van der Waals surface area (Å²) in [5.74, 6) is 0.282. The topological polar surface area (TPSA) is 50.7 Å². The highest BCUT2D eigenvalue weighted by Crippen LogP contribution is 2.10.